The number of halogens is 1. The number of para-hydroxylation sites is 1. The number of nitrogens with two attached hydrogens (primary N) is 1. The van der Waals surface area contributed by atoms with E-state index in [9.17, 15) is 0 Å². The lowest BCUT2D eigenvalue weighted by Gasteiger charge is -2.20. The summed E-state index contributed by atoms with van der Waals surface area (Å²) in [5, 5.41) is 0.708. The molecule has 2 N–H and O–H groups in total. The molecule has 1 atom stereocenters. The van der Waals surface area contributed by atoms with Crippen LogP contribution in [0.15, 0.2) is 36.4 Å². The molecule has 0 saturated carbocycles. The van der Waals surface area contributed by atoms with Gasteiger partial charge in [0, 0.05) is 10.6 Å². The molecule has 106 valence electrons. The van der Waals surface area contributed by atoms with Crippen LogP contribution >= 0.6 is 11.6 Å². The van der Waals surface area contributed by atoms with Crippen molar-refractivity contribution in [2.75, 3.05) is 14.2 Å². The monoisotopic (exact) mass is 291 g/mol. The summed E-state index contributed by atoms with van der Waals surface area (Å²) in [5.74, 6) is 1.32. The molecule has 0 radical (unpaired) electrons. The van der Waals surface area contributed by atoms with Crippen molar-refractivity contribution in [2.24, 2.45) is 5.73 Å². The van der Waals surface area contributed by atoms with Gasteiger partial charge in [-0.15, -0.1) is 0 Å². The highest BCUT2D eigenvalue weighted by molar-refractivity contribution is 6.31. The van der Waals surface area contributed by atoms with Crippen molar-refractivity contribution in [3.05, 3.63) is 58.1 Å². The van der Waals surface area contributed by atoms with Gasteiger partial charge >= 0.3 is 0 Å². The van der Waals surface area contributed by atoms with Crippen molar-refractivity contribution in [1.29, 1.82) is 0 Å². The maximum atomic E-state index is 6.39. The smallest absolute Gasteiger partial charge is 0.165 e. The molecule has 20 heavy (non-hydrogen) atoms. The fraction of sp³-hybridized carbons (Fsp3) is 0.250. The van der Waals surface area contributed by atoms with E-state index >= 15 is 0 Å². The summed E-state index contributed by atoms with van der Waals surface area (Å²) in [5.41, 5.74) is 9.22. The predicted molar refractivity (Wildman–Crippen MR) is 81.8 cm³/mol. The number of hydrogen-bond acceptors (Lipinski definition) is 3. The predicted octanol–water partition coefficient (Wildman–Crippen LogP) is 3.71. The average molecular weight is 292 g/mol. The van der Waals surface area contributed by atoms with Gasteiger partial charge < -0.3 is 15.2 Å². The third-order valence-corrected chi connectivity index (χ3v) is 3.82. The van der Waals surface area contributed by atoms with E-state index in [1.54, 1.807) is 14.2 Å². The van der Waals surface area contributed by atoms with E-state index in [0.29, 0.717) is 16.5 Å². The first-order valence-corrected chi connectivity index (χ1v) is 6.69. The summed E-state index contributed by atoms with van der Waals surface area (Å²) in [6, 6.07) is 11.1. The summed E-state index contributed by atoms with van der Waals surface area (Å²) >= 11 is 6.17. The van der Waals surface area contributed by atoms with Crippen LogP contribution < -0.4 is 15.2 Å². The summed E-state index contributed by atoms with van der Waals surface area (Å²) in [6.45, 7) is 1.96. The standard InChI is InChI=1S/C16H18ClNO2/c1-10-11(6-4-8-13(10)17)15(18)12-7-5-9-14(19-2)16(12)20-3/h4-9,15H,18H2,1-3H3. The van der Waals surface area contributed by atoms with Gasteiger partial charge in [0.15, 0.2) is 11.5 Å². The molecule has 0 fully saturated rings. The second kappa shape index (κ2) is 6.16. The van der Waals surface area contributed by atoms with Gasteiger partial charge in [0.1, 0.15) is 0 Å². The molecule has 0 aliphatic carbocycles. The largest absolute Gasteiger partial charge is 0.493 e. The van der Waals surface area contributed by atoms with Gasteiger partial charge in [0.05, 0.1) is 20.3 Å². The molecule has 2 aromatic rings. The van der Waals surface area contributed by atoms with Gasteiger partial charge in [0.25, 0.3) is 0 Å². The molecule has 0 saturated heterocycles. The van der Waals surface area contributed by atoms with Crippen LogP contribution in [0.25, 0.3) is 0 Å². The molecule has 0 amide bonds. The first-order valence-electron chi connectivity index (χ1n) is 6.31. The molecule has 0 aliphatic rings. The van der Waals surface area contributed by atoms with Gasteiger partial charge in [-0.2, -0.15) is 0 Å². The number of benzene rings is 2. The fourth-order valence-electron chi connectivity index (χ4n) is 2.29. The quantitative estimate of drug-likeness (QED) is 0.934. The SMILES string of the molecule is COc1cccc(C(N)c2cccc(Cl)c2C)c1OC. The van der Waals surface area contributed by atoms with Crippen LogP contribution in [-0.4, -0.2) is 14.2 Å². The Morgan fingerprint density at radius 3 is 2.30 bits per heavy atom. The molecule has 3 nitrogen and oxygen atoms in total. The Bertz CT molecular complexity index is 613. The molecular weight excluding hydrogens is 274 g/mol. The van der Waals surface area contributed by atoms with Gasteiger partial charge in [0.2, 0.25) is 0 Å². The first kappa shape index (κ1) is 14.7. The molecule has 0 heterocycles. The van der Waals surface area contributed by atoms with Crippen molar-refractivity contribution in [2.45, 2.75) is 13.0 Å². The molecule has 4 heteroatoms. The van der Waals surface area contributed by atoms with E-state index in [1.165, 1.54) is 0 Å². The van der Waals surface area contributed by atoms with E-state index in [-0.39, 0.29) is 6.04 Å². The Balaban J connectivity index is 2.53. The summed E-state index contributed by atoms with van der Waals surface area (Å²) < 4.78 is 10.8. The Morgan fingerprint density at radius 2 is 1.65 bits per heavy atom. The molecule has 0 aromatic heterocycles. The molecule has 0 aliphatic heterocycles. The average Bonchev–Trinajstić information content (AvgIpc) is 2.48. The van der Waals surface area contributed by atoms with Crippen molar-refractivity contribution >= 4 is 11.6 Å². The van der Waals surface area contributed by atoms with E-state index in [1.807, 2.05) is 43.3 Å². The molecular formula is C16H18ClNO2. The normalized spacial score (nSPS) is 12.1. The molecule has 2 aromatic carbocycles. The van der Waals surface area contributed by atoms with Crippen molar-refractivity contribution in [3.63, 3.8) is 0 Å². The van der Waals surface area contributed by atoms with E-state index in [4.69, 9.17) is 26.8 Å². The van der Waals surface area contributed by atoms with Crippen LogP contribution in [0.2, 0.25) is 5.02 Å². The van der Waals surface area contributed by atoms with Crippen LogP contribution in [0, 0.1) is 6.92 Å². The van der Waals surface area contributed by atoms with Crippen LogP contribution in [0.1, 0.15) is 22.7 Å². The minimum Gasteiger partial charge on any atom is -0.493 e. The maximum Gasteiger partial charge on any atom is 0.165 e. The van der Waals surface area contributed by atoms with Gasteiger partial charge in [-0.1, -0.05) is 35.9 Å². The lowest BCUT2D eigenvalue weighted by Crippen LogP contribution is -2.15. The number of ether oxygens (including phenoxy) is 2. The maximum absolute atomic E-state index is 6.39. The van der Waals surface area contributed by atoms with Crippen LogP contribution in [0.4, 0.5) is 0 Å². The lowest BCUT2D eigenvalue weighted by atomic mass is 9.95. The van der Waals surface area contributed by atoms with Crippen molar-refractivity contribution in [3.8, 4) is 11.5 Å². The van der Waals surface area contributed by atoms with Crippen LogP contribution in [-0.2, 0) is 0 Å². The molecule has 2 rings (SSSR count). The van der Waals surface area contributed by atoms with Crippen molar-refractivity contribution < 1.29 is 9.47 Å². The summed E-state index contributed by atoms with van der Waals surface area (Å²) in [7, 11) is 3.22. The Morgan fingerprint density at radius 1 is 1.00 bits per heavy atom. The highest BCUT2D eigenvalue weighted by atomic mass is 35.5. The fourth-order valence-corrected chi connectivity index (χ4v) is 2.47. The minimum absolute atomic E-state index is 0.321. The van der Waals surface area contributed by atoms with Crippen LogP contribution in [0.3, 0.4) is 0 Å². The minimum atomic E-state index is -0.321. The van der Waals surface area contributed by atoms with Gasteiger partial charge in [-0.25, -0.2) is 0 Å². The molecule has 0 spiro atoms. The lowest BCUT2D eigenvalue weighted by molar-refractivity contribution is 0.350. The molecule has 1 unspecified atom stereocenters. The van der Waals surface area contributed by atoms with Gasteiger partial charge in [-0.05, 0) is 30.2 Å². The van der Waals surface area contributed by atoms with Crippen molar-refractivity contribution in [1.82, 2.24) is 0 Å². The zero-order valence-corrected chi connectivity index (χ0v) is 12.6. The summed E-state index contributed by atoms with van der Waals surface area (Å²) in [6.07, 6.45) is 0. The highest BCUT2D eigenvalue weighted by Gasteiger charge is 2.19. The topological polar surface area (TPSA) is 44.5 Å². The second-order valence-corrected chi connectivity index (χ2v) is 4.92. The third kappa shape index (κ3) is 2.60. The zero-order valence-electron chi connectivity index (χ0n) is 11.8. The third-order valence-electron chi connectivity index (χ3n) is 3.41. The Hall–Kier alpha value is -1.71. The van der Waals surface area contributed by atoms with E-state index < -0.39 is 0 Å². The first-order chi connectivity index (χ1) is 9.60. The number of hydrogen-bond donors (Lipinski definition) is 1. The van der Waals surface area contributed by atoms with E-state index in [2.05, 4.69) is 0 Å². The highest BCUT2D eigenvalue weighted by Crippen LogP contribution is 2.37. The summed E-state index contributed by atoms with van der Waals surface area (Å²) in [4.78, 5) is 0. The molecule has 0 bridgehead atoms. The van der Waals surface area contributed by atoms with Crippen LogP contribution in [0.5, 0.6) is 11.5 Å². The second-order valence-electron chi connectivity index (χ2n) is 4.51. The van der Waals surface area contributed by atoms with Gasteiger partial charge in [-0.3, -0.25) is 0 Å². The Kier molecular flexibility index (Phi) is 4.53. The zero-order chi connectivity index (χ0) is 14.7. The van der Waals surface area contributed by atoms with E-state index in [0.717, 1.165) is 16.7 Å². The number of rotatable bonds is 4. The number of methoxy groups -OCH3 is 2. The Labute approximate surface area is 124 Å².